The normalized spacial score (nSPS) is 14.5. The fraction of sp³-hybridized carbons (Fsp3) is 0.211. The van der Waals surface area contributed by atoms with Crippen molar-refractivity contribution in [2.45, 2.75) is 6.10 Å². The molecule has 0 saturated heterocycles. The van der Waals surface area contributed by atoms with Gasteiger partial charge in [-0.05, 0) is 24.3 Å². The van der Waals surface area contributed by atoms with Crippen LogP contribution in [0.5, 0.6) is 17.2 Å². The molecule has 1 aliphatic rings. The molecule has 3 rings (SSSR count). The van der Waals surface area contributed by atoms with Crippen LogP contribution in [0.3, 0.4) is 0 Å². The number of fused-ring (bicyclic) bond motifs is 1. The molecule has 9 nitrogen and oxygen atoms in total. The molecule has 29 heavy (non-hydrogen) atoms. The maximum Gasteiger partial charge on any atom is 0.341 e. The number of hydrogen-bond donors (Lipinski definition) is 2. The van der Waals surface area contributed by atoms with E-state index in [0.717, 1.165) is 6.07 Å². The van der Waals surface area contributed by atoms with Crippen molar-refractivity contribution in [3.8, 4) is 17.2 Å². The minimum Gasteiger partial charge on any atom is -0.497 e. The Bertz CT molecular complexity index is 935. The molecule has 2 N–H and O–H groups in total. The van der Waals surface area contributed by atoms with Crippen LogP contribution in [0.25, 0.3) is 0 Å². The molecule has 10 heteroatoms. The van der Waals surface area contributed by atoms with Gasteiger partial charge in [0.2, 0.25) is 6.10 Å². The van der Waals surface area contributed by atoms with Gasteiger partial charge in [0.05, 0.1) is 12.7 Å². The number of carbonyl (C=O) groups is 3. The third kappa shape index (κ3) is 4.92. The monoisotopic (exact) mass is 404 g/mol. The topological polar surface area (TPSA) is 112 Å². The van der Waals surface area contributed by atoms with Crippen molar-refractivity contribution in [3.05, 3.63) is 53.8 Å². The van der Waals surface area contributed by atoms with Gasteiger partial charge in [-0.2, -0.15) is 0 Å². The van der Waals surface area contributed by atoms with Crippen molar-refractivity contribution in [1.82, 2.24) is 10.9 Å². The molecule has 2 aromatic rings. The van der Waals surface area contributed by atoms with E-state index in [1.54, 1.807) is 24.3 Å². The van der Waals surface area contributed by atoms with Crippen LogP contribution in [-0.2, 0) is 14.3 Å². The Hall–Kier alpha value is -3.82. The number of carbonyl (C=O) groups excluding carboxylic acids is 3. The lowest BCUT2D eigenvalue weighted by molar-refractivity contribution is -0.135. The molecular formula is C19H17FN2O7. The molecule has 0 saturated carbocycles. The minimum absolute atomic E-state index is 0.0373. The van der Waals surface area contributed by atoms with E-state index in [0.29, 0.717) is 11.5 Å². The molecule has 1 heterocycles. The van der Waals surface area contributed by atoms with Gasteiger partial charge in [0.1, 0.15) is 18.2 Å². The summed E-state index contributed by atoms with van der Waals surface area (Å²) in [6, 6.07) is 10.4. The summed E-state index contributed by atoms with van der Waals surface area (Å²) < 4.78 is 34.3. The van der Waals surface area contributed by atoms with Crippen molar-refractivity contribution in [2.24, 2.45) is 0 Å². The maximum atomic E-state index is 13.8. The number of methoxy groups -OCH3 is 1. The fourth-order valence-electron chi connectivity index (χ4n) is 2.39. The van der Waals surface area contributed by atoms with E-state index in [4.69, 9.17) is 18.9 Å². The van der Waals surface area contributed by atoms with Crippen LogP contribution in [0.1, 0.15) is 10.4 Å². The highest BCUT2D eigenvalue weighted by molar-refractivity contribution is 5.92. The van der Waals surface area contributed by atoms with Gasteiger partial charge in [-0.1, -0.05) is 12.1 Å². The molecule has 1 atom stereocenters. The summed E-state index contributed by atoms with van der Waals surface area (Å²) in [5.41, 5.74) is 3.87. The predicted octanol–water partition coefficient (Wildman–Crippen LogP) is 0.979. The molecule has 0 fully saturated rings. The Morgan fingerprint density at radius 3 is 2.62 bits per heavy atom. The summed E-state index contributed by atoms with van der Waals surface area (Å²) in [4.78, 5) is 35.7. The number of esters is 1. The first-order valence-electron chi connectivity index (χ1n) is 8.46. The highest BCUT2D eigenvalue weighted by atomic mass is 19.1. The van der Waals surface area contributed by atoms with Crippen LogP contribution in [-0.4, -0.2) is 44.2 Å². The van der Waals surface area contributed by atoms with Crippen LogP contribution in [0.15, 0.2) is 42.5 Å². The Morgan fingerprint density at radius 2 is 1.90 bits per heavy atom. The zero-order valence-electron chi connectivity index (χ0n) is 15.3. The van der Waals surface area contributed by atoms with Crippen molar-refractivity contribution in [3.63, 3.8) is 0 Å². The van der Waals surface area contributed by atoms with Gasteiger partial charge in [0.15, 0.2) is 18.1 Å². The molecule has 0 aliphatic carbocycles. The minimum atomic E-state index is -1.03. The third-order valence-electron chi connectivity index (χ3n) is 3.86. The summed E-state index contributed by atoms with van der Waals surface area (Å²) in [5.74, 6) is -2.21. The van der Waals surface area contributed by atoms with Crippen molar-refractivity contribution in [1.29, 1.82) is 0 Å². The first-order valence-corrected chi connectivity index (χ1v) is 8.46. The Morgan fingerprint density at radius 1 is 1.14 bits per heavy atom. The van der Waals surface area contributed by atoms with Crippen LogP contribution >= 0.6 is 0 Å². The first-order chi connectivity index (χ1) is 14.0. The zero-order valence-corrected chi connectivity index (χ0v) is 15.3. The van der Waals surface area contributed by atoms with E-state index in [1.807, 2.05) is 0 Å². The number of rotatable bonds is 5. The lowest BCUT2D eigenvalue weighted by Crippen LogP contribution is -2.51. The van der Waals surface area contributed by atoms with Gasteiger partial charge in [0, 0.05) is 6.07 Å². The average molecular weight is 404 g/mol. The Balaban J connectivity index is 1.44. The highest BCUT2D eigenvalue weighted by Gasteiger charge is 2.27. The number of hydrogen-bond acceptors (Lipinski definition) is 7. The number of nitrogens with one attached hydrogen (secondary N) is 2. The average Bonchev–Trinajstić information content (AvgIpc) is 2.75. The molecule has 0 aromatic heterocycles. The second-order valence-corrected chi connectivity index (χ2v) is 5.82. The van der Waals surface area contributed by atoms with Crippen LogP contribution in [0.4, 0.5) is 4.39 Å². The summed E-state index contributed by atoms with van der Waals surface area (Å²) in [6.07, 6.45) is -0.971. The molecule has 1 aliphatic heterocycles. The van der Waals surface area contributed by atoms with E-state index in [-0.39, 0.29) is 17.9 Å². The quantitative estimate of drug-likeness (QED) is 0.564. The summed E-state index contributed by atoms with van der Waals surface area (Å²) in [5, 5.41) is 0. The Kier molecular flexibility index (Phi) is 6.12. The van der Waals surface area contributed by atoms with Gasteiger partial charge in [-0.15, -0.1) is 0 Å². The van der Waals surface area contributed by atoms with Crippen LogP contribution < -0.4 is 25.1 Å². The zero-order chi connectivity index (χ0) is 20.8. The molecule has 2 aromatic carbocycles. The second kappa shape index (κ2) is 8.91. The fourth-order valence-corrected chi connectivity index (χ4v) is 2.39. The van der Waals surface area contributed by atoms with E-state index in [1.165, 1.54) is 19.2 Å². The molecule has 0 unspecified atom stereocenters. The molecule has 0 bridgehead atoms. The molecule has 152 valence electrons. The van der Waals surface area contributed by atoms with E-state index in [9.17, 15) is 18.8 Å². The molecule has 2 amide bonds. The summed E-state index contributed by atoms with van der Waals surface area (Å²) in [6.45, 7) is -0.764. The van der Waals surface area contributed by atoms with Crippen molar-refractivity contribution < 1.29 is 37.7 Å². The van der Waals surface area contributed by atoms with E-state index < -0.39 is 36.3 Å². The van der Waals surface area contributed by atoms with Gasteiger partial charge >= 0.3 is 5.97 Å². The van der Waals surface area contributed by atoms with E-state index in [2.05, 4.69) is 10.9 Å². The van der Waals surface area contributed by atoms with Crippen LogP contribution in [0.2, 0.25) is 0 Å². The summed E-state index contributed by atoms with van der Waals surface area (Å²) >= 11 is 0. The maximum absolute atomic E-state index is 13.8. The molecular weight excluding hydrogens is 387 g/mol. The summed E-state index contributed by atoms with van der Waals surface area (Å²) in [7, 11) is 1.36. The van der Waals surface area contributed by atoms with Crippen molar-refractivity contribution in [2.75, 3.05) is 20.3 Å². The number of benzene rings is 2. The first kappa shape index (κ1) is 19.9. The van der Waals surface area contributed by atoms with Crippen molar-refractivity contribution >= 4 is 17.8 Å². The predicted molar refractivity (Wildman–Crippen MR) is 95.9 cm³/mol. The van der Waals surface area contributed by atoms with Crippen LogP contribution in [0, 0.1) is 5.82 Å². The molecule has 0 radical (unpaired) electrons. The highest BCUT2D eigenvalue weighted by Crippen LogP contribution is 2.30. The number of para-hydroxylation sites is 2. The number of amides is 2. The Labute approximate surface area is 164 Å². The van der Waals surface area contributed by atoms with Gasteiger partial charge < -0.3 is 18.9 Å². The standard InChI is InChI=1S/C19H17FN2O7/c1-26-11-6-7-12(13(20)8-11)19(25)28-10-17(23)21-22-18(24)16-9-27-14-4-2-3-5-15(14)29-16/h2-8,16H,9-10H2,1H3,(H,21,23)(H,22,24)/t16-/m1/s1. The molecule has 0 spiro atoms. The van der Waals surface area contributed by atoms with E-state index >= 15 is 0 Å². The number of hydrazine groups is 1. The van der Waals surface area contributed by atoms with Gasteiger partial charge in [-0.3, -0.25) is 20.4 Å². The largest absolute Gasteiger partial charge is 0.497 e. The third-order valence-corrected chi connectivity index (χ3v) is 3.86. The van der Waals surface area contributed by atoms with Gasteiger partial charge in [-0.25, -0.2) is 9.18 Å². The lowest BCUT2D eigenvalue weighted by atomic mass is 10.2. The lowest BCUT2D eigenvalue weighted by Gasteiger charge is -2.25. The van der Waals surface area contributed by atoms with Gasteiger partial charge in [0.25, 0.3) is 11.8 Å². The number of halogens is 1. The SMILES string of the molecule is COc1ccc(C(=O)OCC(=O)NNC(=O)[C@H]2COc3ccccc3O2)c(F)c1. The number of ether oxygens (including phenoxy) is 4. The smallest absolute Gasteiger partial charge is 0.341 e. The second-order valence-electron chi connectivity index (χ2n) is 5.82.